The summed E-state index contributed by atoms with van der Waals surface area (Å²) in [6.07, 6.45) is 0. The van der Waals surface area contributed by atoms with E-state index in [0.29, 0.717) is 22.6 Å². The summed E-state index contributed by atoms with van der Waals surface area (Å²) in [6.45, 7) is 0. The van der Waals surface area contributed by atoms with E-state index in [4.69, 9.17) is 5.73 Å². The van der Waals surface area contributed by atoms with Crippen molar-refractivity contribution in [1.29, 1.82) is 0 Å². The van der Waals surface area contributed by atoms with Crippen LogP contribution in [0.1, 0.15) is 0 Å². The van der Waals surface area contributed by atoms with E-state index in [0.717, 1.165) is 5.52 Å². The lowest BCUT2D eigenvalue weighted by Gasteiger charge is -2.01. The average molecular weight is 241 g/mol. The summed E-state index contributed by atoms with van der Waals surface area (Å²) in [5.41, 5.74) is 8.07. The van der Waals surface area contributed by atoms with Gasteiger partial charge in [0.15, 0.2) is 0 Å². The highest BCUT2D eigenvalue weighted by atomic mass is 16.3. The normalized spacial score (nSPS) is 10.9. The maximum absolute atomic E-state index is 9.84. The molecule has 0 saturated heterocycles. The number of aromatic amines is 1. The van der Waals surface area contributed by atoms with Crippen molar-refractivity contribution in [3.05, 3.63) is 36.4 Å². The fourth-order valence-electron chi connectivity index (χ4n) is 1.87. The zero-order valence-corrected chi connectivity index (χ0v) is 9.38. The number of H-pyrrole nitrogens is 1. The summed E-state index contributed by atoms with van der Waals surface area (Å²) in [5.74, 6) is 0.769. The average Bonchev–Trinajstić information content (AvgIpc) is 2.71. The predicted octanol–water partition coefficient (Wildman–Crippen LogP) is 2.22. The van der Waals surface area contributed by atoms with Crippen LogP contribution in [0, 0.1) is 0 Å². The van der Waals surface area contributed by atoms with Crippen molar-refractivity contribution < 1.29 is 10.2 Å². The van der Waals surface area contributed by atoms with Crippen LogP contribution in [0.5, 0.6) is 11.5 Å². The van der Waals surface area contributed by atoms with E-state index in [9.17, 15) is 10.2 Å². The highest BCUT2D eigenvalue weighted by Gasteiger charge is 2.10. The Balaban J connectivity index is 2.19. The molecule has 0 aliphatic carbocycles. The molecule has 5 N–H and O–H groups in total. The molecule has 3 rings (SSSR count). The molecular formula is C13H11N3O2. The second-order valence-corrected chi connectivity index (χ2v) is 4.06. The van der Waals surface area contributed by atoms with Crippen LogP contribution >= 0.6 is 0 Å². The molecule has 0 saturated carbocycles. The summed E-state index contributed by atoms with van der Waals surface area (Å²) in [7, 11) is 0. The van der Waals surface area contributed by atoms with Gasteiger partial charge in [-0.3, -0.25) is 0 Å². The Morgan fingerprint density at radius 3 is 2.67 bits per heavy atom. The Morgan fingerprint density at radius 1 is 1.06 bits per heavy atom. The Kier molecular flexibility index (Phi) is 2.13. The van der Waals surface area contributed by atoms with E-state index in [1.807, 2.05) is 0 Å². The Labute approximate surface area is 103 Å². The van der Waals surface area contributed by atoms with Crippen LogP contribution in [0.2, 0.25) is 0 Å². The van der Waals surface area contributed by atoms with E-state index in [-0.39, 0.29) is 11.5 Å². The first-order chi connectivity index (χ1) is 8.63. The van der Waals surface area contributed by atoms with Crippen LogP contribution < -0.4 is 5.73 Å². The topological polar surface area (TPSA) is 95.2 Å². The van der Waals surface area contributed by atoms with Gasteiger partial charge in [-0.1, -0.05) is 0 Å². The number of anilines is 1. The molecule has 0 unspecified atom stereocenters. The largest absolute Gasteiger partial charge is 0.508 e. The number of nitrogens with two attached hydrogens (primary N) is 1. The van der Waals surface area contributed by atoms with Crippen molar-refractivity contribution in [1.82, 2.24) is 9.97 Å². The molecule has 0 spiro atoms. The highest BCUT2D eigenvalue weighted by Crippen LogP contribution is 2.30. The first kappa shape index (κ1) is 10.5. The molecule has 0 aliphatic heterocycles. The third-order valence-electron chi connectivity index (χ3n) is 2.74. The number of hydrogen-bond donors (Lipinski definition) is 4. The van der Waals surface area contributed by atoms with E-state index < -0.39 is 0 Å². The second-order valence-electron chi connectivity index (χ2n) is 4.06. The SMILES string of the molecule is Nc1ccc(-c2nc3ccc(O)cc3[nH]2)c(O)c1. The van der Waals surface area contributed by atoms with Crippen LogP contribution in [0.25, 0.3) is 22.4 Å². The number of nitrogen functional groups attached to an aromatic ring is 1. The minimum absolute atomic E-state index is 0.0679. The number of rotatable bonds is 1. The van der Waals surface area contributed by atoms with Crippen molar-refractivity contribution >= 4 is 16.7 Å². The fourth-order valence-corrected chi connectivity index (χ4v) is 1.87. The summed E-state index contributed by atoms with van der Waals surface area (Å²) in [5, 5.41) is 19.2. The number of fused-ring (bicyclic) bond motifs is 1. The summed E-state index contributed by atoms with van der Waals surface area (Å²) < 4.78 is 0. The number of nitrogens with zero attached hydrogens (tertiary/aromatic N) is 1. The van der Waals surface area contributed by atoms with Gasteiger partial charge in [-0.25, -0.2) is 4.98 Å². The lowest BCUT2D eigenvalue weighted by molar-refractivity contribution is 0.476. The lowest BCUT2D eigenvalue weighted by atomic mass is 10.2. The van der Waals surface area contributed by atoms with E-state index >= 15 is 0 Å². The minimum Gasteiger partial charge on any atom is -0.508 e. The van der Waals surface area contributed by atoms with E-state index in [2.05, 4.69) is 9.97 Å². The van der Waals surface area contributed by atoms with Crippen LogP contribution in [0.15, 0.2) is 36.4 Å². The van der Waals surface area contributed by atoms with Crippen molar-refractivity contribution in [2.75, 3.05) is 5.73 Å². The molecule has 0 bridgehead atoms. The molecule has 5 heteroatoms. The van der Waals surface area contributed by atoms with Crippen molar-refractivity contribution in [2.24, 2.45) is 0 Å². The number of phenols is 2. The first-order valence-corrected chi connectivity index (χ1v) is 5.41. The quantitative estimate of drug-likeness (QED) is 0.491. The molecule has 0 amide bonds. The zero-order valence-electron chi connectivity index (χ0n) is 9.38. The molecule has 90 valence electrons. The number of hydrogen-bond acceptors (Lipinski definition) is 4. The van der Waals surface area contributed by atoms with Crippen molar-refractivity contribution in [2.45, 2.75) is 0 Å². The molecule has 0 radical (unpaired) electrons. The van der Waals surface area contributed by atoms with Gasteiger partial charge in [0.25, 0.3) is 0 Å². The van der Waals surface area contributed by atoms with Gasteiger partial charge < -0.3 is 20.9 Å². The van der Waals surface area contributed by atoms with Crippen LogP contribution in [-0.4, -0.2) is 20.2 Å². The number of phenolic OH excluding ortho intramolecular Hbond substituents is 2. The standard InChI is InChI=1S/C13H11N3O2/c14-7-1-3-9(12(18)5-7)13-15-10-4-2-8(17)6-11(10)16-13/h1-6,17-18H,14H2,(H,15,16). The van der Waals surface area contributed by atoms with Gasteiger partial charge in [-0.05, 0) is 24.3 Å². The molecule has 3 aromatic rings. The summed E-state index contributed by atoms with van der Waals surface area (Å²) >= 11 is 0. The molecule has 2 aromatic carbocycles. The summed E-state index contributed by atoms with van der Waals surface area (Å²) in [6, 6.07) is 9.72. The lowest BCUT2D eigenvalue weighted by Crippen LogP contribution is -1.86. The molecule has 1 aromatic heterocycles. The molecule has 0 aliphatic rings. The first-order valence-electron chi connectivity index (χ1n) is 5.41. The maximum atomic E-state index is 9.84. The van der Waals surface area contributed by atoms with Gasteiger partial charge in [0, 0.05) is 17.8 Å². The number of benzene rings is 2. The number of aromatic hydroxyl groups is 2. The third kappa shape index (κ3) is 1.62. The van der Waals surface area contributed by atoms with Crippen molar-refractivity contribution in [3.63, 3.8) is 0 Å². The molecule has 0 atom stereocenters. The number of imidazole rings is 1. The third-order valence-corrected chi connectivity index (χ3v) is 2.74. The maximum Gasteiger partial charge on any atom is 0.142 e. The molecule has 5 nitrogen and oxygen atoms in total. The monoisotopic (exact) mass is 241 g/mol. The number of nitrogens with one attached hydrogen (secondary N) is 1. The van der Waals surface area contributed by atoms with E-state index in [1.165, 1.54) is 6.07 Å². The van der Waals surface area contributed by atoms with Crippen LogP contribution in [-0.2, 0) is 0 Å². The Morgan fingerprint density at radius 2 is 1.89 bits per heavy atom. The molecule has 0 fully saturated rings. The molecular weight excluding hydrogens is 230 g/mol. The predicted molar refractivity (Wildman–Crippen MR) is 69.3 cm³/mol. The smallest absolute Gasteiger partial charge is 0.142 e. The summed E-state index contributed by atoms with van der Waals surface area (Å²) in [4.78, 5) is 7.39. The number of aromatic nitrogens is 2. The minimum atomic E-state index is 0.0679. The van der Waals surface area contributed by atoms with Crippen LogP contribution in [0.4, 0.5) is 5.69 Å². The fraction of sp³-hybridized carbons (Fsp3) is 0. The molecule has 1 heterocycles. The second kappa shape index (κ2) is 3.66. The van der Waals surface area contributed by atoms with Gasteiger partial charge in [0.05, 0.1) is 16.6 Å². The zero-order chi connectivity index (χ0) is 12.7. The Bertz CT molecular complexity index is 734. The van der Waals surface area contributed by atoms with Gasteiger partial charge >= 0.3 is 0 Å². The molecule has 18 heavy (non-hydrogen) atoms. The van der Waals surface area contributed by atoms with Gasteiger partial charge in [-0.15, -0.1) is 0 Å². The van der Waals surface area contributed by atoms with Crippen molar-refractivity contribution in [3.8, 4) is 22.9 Å². The Hall–Kier alpha value is -2.69. The van der Waals surface area contributed by atoms with E-state index in [1.54, 1.807) is 30.3 Å². The van der Waals surface area contributed by atoms with Gasteiger partial charge in [0.2, 0.25) is 0 Å². The van der Waals surface area contributed by atoms with Crippen LogP contribution in [0.3, 0.4) is 0 Å². The van der Waals surface area contributed by atoms with Gasteiger partial charge in [-0.2, -0.15) is 0 Å². The highest BCUT2D eigenvalue weighted by molar-refractivity contribution is 5.82. The van der Waals surface area contributed by atoms with Gasteiger partial charge in [0.1, 0.15) is 17.3 Å².